The molecule has 0 aliphatic rings. The molecule has 4 N–H and O–H groups in total. The molecule has 5 heteroatoms. The zero-order valence-electron chi connectivity index (χ0n) is 12.0. The summed E-state index contributed by atoms with van der Waals surface area (Å²) in [5, 5.41) is 6.89. The topological polar surface area (TPSA) is 80.0 Å². The van der Waals surface area contributed by atoms with E-state index in [9.17, 15) is 4.79 Å². The molecular formula is C15H20N4O. The van der Waals surface area contributed by atoms with Gasteiger partial charge in [-0.25, -0.2) is 4.98 Å². The number of anilines is 2. The molecule has 106 valence electrons. The molecule has 0 saturated heterocycles. The van der Waals surface area contributed by atoms with Crippen LogP contribution in [-0.2, 0) is 4.79 Å². The Morgan fingerprint density at radius 3 is 2.70 bits per heavy atom. The van der Waals surface area contributed by atoms with Crippen LogP contribution in [0.5, 0.6) is 0 Å². The van der Waals surface area contributed by atoms with Gasteiger partial charge in [0.05, 0.1) is 12.1 Å². The van der Waals surface area contributed by atoms with Crippen LogP contribution in [0, 0.1) is 0 Å². The predicted molar refractivity (Wildman–Crippen MR) is 82.5 cm³/mol. The molecule has 2 rings (SSSR count). The van der Waals surface area contributed by atoms with Crippen molar-refractivity contribution in [2.24, 2.45) is 0 Å². The molecule has 0 unspecified atom stereocenters. The molecular weight excluding hydrogens is 252 g/mol. The Hall–Kier alpha value is -2.30. The van der Waals surface area contributed by atoms with E-state index in [4.69, 9.17) is 5.73 Å². The first-order chi connectivity index (χ1) is 9.33. The Labute approximate surface area is 118 Å². The van der Waals surface area contributed by atoms with Gasteiger partial charge in [-0.15, -0.1) is 0 Å². The second kappa shape index (κ2) is 5.36. The number of nitrogens with two attached hydrogens (primary N) is 1. The zero-order chi connectivity index (χ0) is 14.8. The first kappa shape index (κ1) is 14.1. The summed E-state index contributed by atoms with van der Waals surface area (Å²) in [6.07, 6.45) is 0. The molecule has 0 saturated carbocycles. The summed E-state index contributed by atoms with van der Waals surface area (Å²) < 4.78 is 0. The van der Waals surface area contributed by atoms with Crippen LogP contribution in [0.2, 0.25) is 0 Å². The molecule has 1 aromatic heterocycles. The predicted octanol–water partition coefficient (Wildman–Crippen LogP) is 2.14. The highest BCUT2D eigenvalue weighted by molar-refractivity contribution is 5.84. The van der Waals surface area contributed by atoms with E-state index < -0.39 is 0 Å². The maximum Gasteiger partial charge on any atom is 0.239 e. The average Bonchev–Trinajstić information content (AvgIpc) is 2.34. The van der Waals surface area contributed by atoms with Gasteiger partial charge >= 0.3 is 0 Å². The number of benzene rings is 1. The molecule has 0 fully saturated rings. The molecule has 5 nitrogen and oxygen atoms in total. The van der Waals surface area contributed by atoms with Crippen molar-refractivity contribution in [3.05, 3.63) is 30.3 Å². The zero-order valence-corrected chi connectivity index (χ0v) is 12.0. The van der Waals surface area contributed by atoms with E-state index in [1.54, 1.807) is 0 Å². The lowest BCUT2D eigenvalue weighted by Crippen LogP contribution is -2.43. The first-order valence-corrected chi connectivity index (χ1v) is 6.55. The van der Waals surface area contributed by atoms with Crippen molar-refractivity contribution >= 4 is 28.3 Å². The summed E-state index contributed by atoms with van der Waals surface area (Å²) in [6, 6.07) is 9.32. The Balaban J connectivity index is 2.03. The summed E-state index contributed by atoms with van der Waals surface area (Å²) in [4.78, 5) is 16.2. The van der Waals surface area contributed by atoms with Crippen LogP contribution in [0.4, 0.5) is 11.5 Å². The third kappa shape index (κ3) is 3.85. The fourth-order valence-corrected chi connectivity index (χ4v) is 1.88. The number of nitrogens with zero attached hydrogens (tertiary/aromatic N) is 1. The molecule has 0 aliphatic heterocycles. The van der Waals surface area contributed by atoms with E-state index in [0.29, 0.717) is 11.5 Å². The van der Waals surface area contributed by atoms with Crippen molar-refractivity contribution < 1.29 is 4.79 Å². The number of nitrogens with one attached hydrogen (secondary N) is 2. The quantitative estimate of drug-likeness (QED) is 0.748. The van der Waals surface area contributed by atoms with Crippen LogP contribution in [-0.4, -0.2) is 23.0 Å². The van der Waals surface area contributed by atoms with Gasteiger partial charge in [-0.1, -0.05) is 0 Å². The van der Waals surface area contributed by atoms with Crippen LogP contribution >= 0.6 is 0 Å². The molecule has 20 heavy (non-hydrogen) atoms. The molecule has 1 aromatic carbocycles. The van der Waals surface area contributed by atoms with Crippen molar-refractivity contribution in [2.45, 2.75) is 26.3 Å². The van der Waals surface area contributed by atoms with Crippen molar-refractivity contribution in [2.75, 3.05) is 17.6 Å². The van der Waals surface area contributed by atoms with Crippen molar-refractivity contribution in [1.82, 2.24) is 10.3 Å². The number of hydrogen-bond acceptors (Lipinski definition) is 4. The summed E-state index contributed by atoms with van der Waals surface area (Å²) in [5.74, 6) is 0.614. The first-order valence-electron chi connectivity index (χ1n) is 6.55. The number of rotatable bonds is 3. The lowest BCUT2D eigenvalue weighted by molar-refractivity contribution is -0.120. The van der Waals surface area contributed by atoms with Gasteiger partial charge < -0.3 is 16.4 Å². The maximum absolute atomic E-state index is 11.7. The third-order valence-electron chi connectivity index (χ3n) is 2.66. The average molecular weight is 272 g/mol. The lowest BCUT2D eigenvalue weighted by atomic mass is 10.1. The fraction of sp³-hybridized carbons (Fsp3) is 0.333. The minimum atomic E-state index is -0.229. The van der Waals surface area contributed by atoms with Crippen molar-refractivity contribution in [1.29, 1.82) is 0 Å². The molecule has 0 atom stereocenters. The van der Waals surface area contributed by atoms with Gasteiger partial charge in [-0.2, -0.15) is 0 Å². The summed E-state index contributed by atoms with van der Waals surface area (Å²) in [6.45, 7) is 6.04. The van der Waals surface area contributed by atoms with Gasteiger partial charge in [0.25, 0.3) is 0 Å². The highest BCUT2D eigenvalue weighted by Crippen LogP contribution is 2.17. The van der Waals surface area contributed by atoms with E-state index in [0.717, 1.165) is 10.9 Å². The molecule has 0 spiro atoms. The number of aromatic nitrogens is 1. The van der Waals surface area contributed by atoms with E-state index in [-0.39, 0.29) is 18.0 Å². The number of carbonyl (C=O) groups is 1. The number of nitrogen functional groups attached to an aromatic ring is 1. The largest absolute Gasteiger partial charge is 0.399 e. The van der Waals surface area contributed by atoms with Gasteiger partial charge in [-0.3, -0.25) is 4.79 Å². The summed E-state index contributed by atoms with van der Waals surface area (Å²) in [7, 11) is 0. The monoisotopic (exact) mass is 272 g/mol. The maximum atomic E-state index is 11.7. The second-order valence-electron chi connectivity index (χ2n) is 5.80. The Bertz CT molecular complexity index is 631. The van der Waals surface area contributed by atoms with Crippen LogP contribution < -0.4 is 16.4 Å². The summed E-state index contributed by atoms with van der Waals surface area (Å²) in [5.41, 5.74) is 7.05. The van der Waals surface area contributed by atoms with Crippen LogP contribution in [0.25, 0.3) is 10.9 Å². The lowest BCUT2D eigenvalue weighted by Gasteiger charge is -2.20. The van der Waals surface area contributed by atoms with E-state index in [1.807, 2.05) is 51.1 Å². The van der Waals surface area contributed by atoms with Gasteiger partial charge in [-0.05, 0) is 51.1 Å². The number of pyridine rings is 1. The second-order valence-corrected chi connectivity index (χ2v) is 5.80. The standard InChI is InChI=1S/C15H20N4O/c1-15(2,3)19-14(20)9-17-13-7-4-10-8-11(16)5-6-12(10)18-13/h4-8H,9,16H2,1-3H3,(H,17,18)(H,19,20). The normalized spacial score (nSPS) is 11.3. The van der Waals surface area contributed by atoms with Gasteiger partial charge in [0, 0.05) is 16.6 Å². The van der Waals surface area contributed by atoms with Crippen LogP contribution in [0.1, 0.15) is 20.8 Å². The minimum absolute atomic E-state index is 0.0586. The highest BCUT2D eigenvalue weighted by Gasteiger charge is 2.13. The molecule has 0 bridgehead atoms. The molecule has 0 aliphatic carbocycles. The highest BCUT2D eigenvalue weighted by atomic mass is 16.2. The number of fused-ring (bicyclic) bond motifs is 1. The fourth-order valence-electron chi connectivity index (χ4n) is 1.88. The smallest absolute Gasteiger partial charge is 0.239 e. The van der Waals surface area contributed by atoms with E-state index in [2.05, 4.69) is 15.6 Å². The van der Waals surface area contributed by atoms with Crippen LogP contribution in [0.3, 0.4) is 0 Å². The third-order valence-corrected chi connectivity index (χ3v) is 2.66. The number of hydrogen-bond donors (Lipinski definition) is 3. The molecule has 2 aromatic rings. The summed E-state index contributed by atoms with van der Waals surface area (Å²) >= 11 is 0. The molecule has 0 radical (unpaired) electrons. The SMILES string of the molecule is CC(C)(C)NC(=O)CNc1ccc2cc(N)ccc2n1. The van der Waals surface area contributed by atoms with Gasteiger partial charge in [0.2, 0.25) is 5.91 Å². The van der Waals surface area contributed by atoms with E-state index >= 15 is 0 Å². The molecule has 1 heterocycles. The Kier molecular flexibility index (Phi) is 3.79. The number of amides is 1. The van der Waals surface area contributed by atoms with E-state index in [1.165, 1.54) is 0 Å². The number of carbonyl (C=O) groups excluding carboxylic acids is 1. The molecule has 1 amide bonds. The van der Waals surface area contributed by atoms with Gasteiger partial charge in [0.15, 0.2) is 0 Å². The Morgan fingerprint density at radius 2 is 2.00 bits per heavy atom. The minimum Gasteiger partial charge on any atom is -0.399 e. The van der Waals surface area contributed by atoms with Crippen LogP contribution in [0.15, 0.2) is 30.3 Å². The Morgan fingerprint density at radius 1 is 1.25 bits per heavy atom. The van der Waals surface area contributed by atoms with Crippen molar-refractivity contribution in [3.63, 3.8) is 0 Å². The van der Waals surface area contributed by atoms with Crippen molar-refractivity contribution in [3.8, 4) is 0 Å². The van der Waals surface area contributed by atoms with Gasteiger partial charge in [0.1, 0.15) is 5.82 Å².